The highest BCUT2D eigenvalue weighted by Crippen LogP contribution is 2.27. The Morgan fingerprint density at radius 2 is 1.76 bits per heavy atom. The molecule has 0 spiro atoms. The second-order valence-corrected chi connectivity index (χ2v) is 8.38. The first-order valence-electron chi connectivity index (χ1n) is 9.88. The molecule has 0 bridgehead atoms. The standard InChI is InChI=1S/C22H27N5OS/c1-16(2)9-10-17(3)24-20(28)15-29-22-26-25-21(18-11-13-23-14-12-18)27(22)19-7-5-4-6-8-19/h4-8,11-14,16-17H,9-10,15H2,1-3H3,(H,24,28)/t17-/m0/s1. The van der Waals surface area contributed by atoms with Gasteiger partial charge in [0, 0.05) is 29.7 Å². The van der Waals surface area contributed by atoms with Gasteiger partial charge in [-0.1, -0.05) is 43.8 Å². The van der Waals surface area contributed by atoms with Crippen molar-refractivity contribution < 1.29 is 4.79 Å². The molecular formula is C22H27N5OS. The number of nitrogens with one attached hydrogen (secondary N) is 1. The van der Waals surface area contributed by atoms with E-state index in [0.29, 0.717) is 16.8 Å². The Balaban J connectivity index is 1.74. The van der Waals surface area contributed by atoms with E-state index in [2.05, 4.69) is 41.3 Å². The number of rotatable bonds is 9. The lowest BCUT2D eigenvalue weighted by atomic mass is 10.0. The Labute approximate surface area is 176 Å². The highest BCUT2D eigenvalue weighted by Gasteiger charge is 2.17. The van der Waals surface area contributed by atoms with Crippen LogP contribution in [0.5, 0.6) is 0 Å². The molecule has 2 heterocycles. The third-order valence-electron chi connectivity index (χ3n) is 4.50. The number of para-hydroxylation sites is 1. The number of benzene rings is 1. The molecule has 0 saturated carbocycles. The summed E-state index contributed by atoms with van der Waals surface area (Å²) < 4.78 is 1.98. The largest absolute Gasteiger partial charge is 0.353 e. The fourth-order valence-electron chi connectivity index (χ4n) is 2.96. The van der Waals surface area contributed by atoms with Crippen molar-refractivity contribution in [3.8, 4) is 17.1 Å². The van der Waals surface area contributed by atoms with E-state index in [9.17, 15) is 4.79 Å². The first-order valence-corrected chi connectivity index (χ1v) is 10.9. The summed E-state index contributed by atoms with van der Waals surface area (Å²) in [6, 6.07) is 13.9. The van der Waals surface area contributed by atoms with Gasteiger partial charge in [0.15, 0.2) is 11.0 Å². The molecule has 0 unspecified atom stereocenters. The molecule has 3 aromatic rings. The molecule has 7 heteroatoms. The van der Waals surface area contributed by atoms with Gasteiger partial charge in [0.2, 0.25) is 5.91 Å². The van der Waals surface area contributed by atoms with E-state index in [-0.39, 0.29) is 11.9 Å². The van der Waals surface area contributed by atoms with Crippen LogP contribution in [0.4, 0.5) is 0 Å². The van der Waals surface area contributed by atoms with Gasteiger partial charge >= 0.3 is 0 Å². The van der Waals surface area contributed by atoms with E-state index < -0.39 is 0 Å². The average molecular weight is 410 g/mol. The maximum Gasteiger partial charge on any atom is 0.230 e. The summed E-state index contributed by atoms with van der Waals surface area (Å²) in [5.74, 6) is 1.68. The average Bonchev–Trinajstić information content (AvgIpc) is 3.16. The van der Waals surface area contributed by atoms with E-state index in [4.69, 9.17) is 0 Å². The smallest absolute Gasteiger partial charge is 0.230 e. The van der Waals surface area contributed by atoms with Crippen LogP contribution >= 0.6 is 11.8 Å². The predicted octanol–water partition coefficient (Wildman–Crippen LogP) is 4.36. The minimum atomic E-state index is 0.0133. The molecule has 0 saturated heterocycles. The number of pyridine rings is 1. The van der Waals surface area contributed by atoms with Crippen LogP contribution in [0.15, 0.2) is 60.0 Å². The van der Waals surface area contributed by atoms with Gasteiger partial charge in [-0.05, 0) is 49.9 Å². The number of aromatic nitrogens is 4. The number of hydrogen-bond acceptors (Lipinski definition) is 5. The number of carbonyl (C=O) groups excluding carboxylic acids is 1. The molecule has 152 valence electrons. The molecule has 1 amide bonds. The van der Waals surface area contributed by atoms with Crippen molar-refractivity contribution in [1.29, 1.82) is 0 Å². The highest BCUT2D eigenvalue weighted by molar-refractivity contribution is 7.99. The minimum absolute atomic E-state index is 0.0133. The molecule has 29 heavy (non-hydrogen) atoms. The summed E-state index contributed by atoms with van der Waals surface area (Å²) in [4.78, 5) is 16.5. The molecule has 1 N–H and O–H groups in total. The summed E-state index contributed by atoms with van der Waals surface area (Å²) in [6.45, 7) is 6.45. The number of carbonyl (C=O) groups is 1. The molecule has 6 nitrogen and oxygen atoms in total. The second kappa shape index (κ2) is 10.2. The van der Waals surface area contributed by atoms with Gasteiger partial charge in [-0.2, -0.15) is 0 Å². The van der Waals surface area contributed by atoms with E-state index in [0.717, 1.165) is 29.9 Å². The number of nitrogens with zero attached hydrogens (tertiary/aromatic N) is 4. The van der Waals surface area contributed by atoms with Crippen molar-refractivity contribution in [3.63, 3.8) is 0 Å². The van der Waals surface area contributed by atoms with Gasteiger partial charge in [-0.15, -0.1) is 10.2 Å². The normalized spacial score (nSPS) is 12.1. The Morgan fingerprint density at radius 3 is 2.45 bits per heavy atom. The van der Waals surface area contributed by atoms with Gasteiger partial charge in [-0.25, -0.2) is 0 Å². The number of hydrogen-bond donors (Lipinski definition) is 1. The molecule has 0 aliphatic heterocycles. The lowest BCUT2D eigenvalue weighted by Gasteiger charge is -2.15. The molecule has 3 rings (SSSR count). The molecule has 0 radical (unpaired) electrons. The fourth-order valence-corrected chi connectivity index (χ4v) is 3.73. The lowest BCUT2D eigenvalue weighted by Crippen LogP contribution is -2.34. The van der Waals surface area contributed by atoms with E-state index >= 15 is 0 Å². The number of thioether (sulfide) groups is 1. The molecule has 1 aromatic carbocycles. The lowest BCUT2D eigenvalue weighted by molar-refractivity contribution is -0.119. The van der Waals surface area contributed by atoms with Gasteiger partial charge in [0.1, 0.15) is 0 Å². The van der Waals surface area contributed by atoms with Crippen LogP contribution in [0.3, 0.4) is 0 Å². The van der Waals surface area contributed by atoms with Crippen molar-refractivity contribution in [2.24, 2.45) is 5.92 Å². The number of amides is 1. The molecule has 1 atom stereocenters. The van der Waals surface area contributed by atoms with Crippen LogP contribution in [0.2, 0.25) is 0 Å². The van der Waals surface area contributed by atoms with Crippen LogP contribution in [-0.4, -0.2) is 37.5 Å². The van der Waals surface area contributed by atoms with Crippen LogP contribution in [0, 0.1) is 5.92 Å². The Hall–Kier alpha value is -2.67. The van der Waals surface area contributed by atoms with Crippen LogP contribution < -0.4 is 5.32 Å². The maximum atomic E-state index is 12.4. The third kappa shape index (κ3) is 5.90. The molecule has 0 aliphatic carbocycles. The summed E-state index contributed by atoms with van der Waals surface area (Å²) in [6.07, 6.45) is 5.56. The Kier molecular flexibility index (Phi) is 7.41. The zero-order valence-corrected chi connectivity index (χ0v) is 17.9. The van der Waals surface area contributed by atoms with Gasteiger partial charge in [0.25, 0.3) is 0 Å². The summed E-state index contributed by atoms with van der Waals surface area (Å²) in [5, 5.41) is 12.5. The van der Waals surface area contributed by atoms with E-state index in [1.807, 2.05) is 47.0 Å². The molecule has 0 aliphatic rings. The topological polar surface area (TPSA) is 72.7 Å². The fraction of sp³-hybridized carbons (Fsp3) is 0.364. The maximum absolute atomic E-state index is 12.4. The van der Waals surface area contributed by atoms with Gasteiger partial charge in [0.05, 0.1) is 5.75 Å². The van der Waals surface area contributed by atoms with Crippen molar-refractivity contribution in [1.82, 2.24) is 25.1 Å². The van der Waals surface area contributed by atoms with Crippen molar-refractivity contribution in [2.45, 2.75) is 44.8 Å². The summed E-state index contributed by atoms with van der Waals surface area (Å²) in [5.41, 5.74) is 1.88. The van der Waals surface area contributed by atoms with Crippen molar-refractivity contribution in [3.05, 3.63) is 54.9 Å². The highest BCUT2D eigenvalue weighted by atomic mass is 32.2. The van der Waals surface area contributed by atoms with Crippen LogP contribution in [0.25, 0.3) is 17.1 Å². The Bertz CT molecular complexity index is 911. The Morgan fingerprint density at radius 1 is 1.03 bits per heavy atom. The van der Waals surface area contributed by atoms with Crippen LogP contribution in [-0.2, 0) is 4.79 Å². The summed E-state index contributed by atoms with van der Waals surface area (Å²) >= 11 is 1.39. The first-order chi connectivity index (χ1) is 14.0. The zero-order valence-electron chi connectivity index (χ0n) is 17.1. The second-order valence-electron chi connectivity index (χ2n) is 7.44. The molecule has 2 aromatic heterocycles. The van der Waals surface area contributed by atoms with E-state index in [1.165, 1.54) is 11.8 Å². The predicted molar refractivity (Wildman–Crippen MR) is 117 cm³/mol. The van der Waals surface area contributed by atoms with Crippen molar-refractivity contribution >= 4 is 17.7 Å². The summed E-state index contributed by atoms with van der Waals surface area (Å²) in [7, 11) is 0. The third-order valence-corrected chi connectivity index (χ3v) is 5.43. The first kappa shape index (κ1) is 21.0. The van der Waals surface area contributed by atoms with Gasteiger partial charge < -0.3 is 5.32 Å². The van der Waals surface area contributed by atoms with Crippen molar-refractivity contribution in [2.75, 3.05) is 5.75 Å². The van der Waals surface area contributed by atoms with E-state index in [1.54, 1.807) is 12.4 Å². The monoisotopic (exact) mass is 409 g/mol. The SMILES string of the molecule is CC(C)CC[C@H](C)NC(=O)CSc1nnc(-c2ccncc2)n1-c1ccccc1. The minimum Gasteiger partial charge on any atom is -0.353 e. The van der Waals surface area contributed by atoms with Gasteiger partial charge in [-0.3, -0.25) is 14.3 Å². The molecule has 0 fully saturated rings. The quantitative estimate of drug-likeness (QED) is 0.532. The zero-order chi connectivity index (χ0) is 20.6. The molecular weight excluding hydrogens is 382 g/mol. The van der Waals surface area contributed by atoms with Crippen LogP contribution in [0.1, 0.15) is 33.6 Å².